The molecule has 0 atom stereocenters. The lowest BCUT2D eigenvalue weighted by Gasteiger charge is -2.07. The van der Waals surface area contributed by atoms with Crippen LogP contribution in [0.5, 0.6) is 0 Å². The Morgan fingerprint density at radius 1 is 1.18 bits per heavy atom. The molecule has 0 aliphatic heterocycles. The van der Waals surface area contributed by atoms with Crippen molar-refractivity contribution in [3.63, 3.8) is 0 Å². The van der Waals surface area contributed by atoms with Gasteiger partial charge in [-0.15, -0.1) is 11.3 Å². The van der Waals surface area contributed by atoms with Crippen molar-refractivity contribution in [1.29, 1.82) is 0 Å². The Kier molecular flexibility index (Phi) is 3.85. The molecular weight excluding hydrogens is 226 g/mol. The molecule has 17 heavy (non-hydrogen) atoms. The highest BCUT2D eigenvalue weighted by Crippen LogP contribution is 2.21. The quantitative estimate of drug-likeness (QED) is 0.834. The van der Waals surface area contributed by atoms with Gasteiger partial charge in [-0.2, -0.15) is 0 Å². The van der Waals surface area contributed by atoms with Crippen molar-refractivity contribution in [3.8, 4) is 0 Å². The molecule has 0 radical (unpaired) electrons. The van der Waals surface area contributed by atoms with Gasteiger partial charge in [-0.1, -0.05) is 19.1 Å². The fraction of sp³-hybridized carbons (Fsp3) is 0.333. The highest BCUT2D eigenvalue weighted by atomic mass is 32.1. The van der Waals surface area contributed by atoms with Crippen LogP contribution in [0.3, 0.4) is 0 Å². The van der Waals surface area contributed by atoms with Crippen LogP contribution in [-0.4, -0.2) is 0 Å². The summed E-state index contributed by atoms with van der Waals surface area (Å²) in [6.45, 7) is 7.46. The van der Waals surface area contributed by atoms with Gasteiger partial charge in [-0.3, -0.25) is 0 Å². The van der Waals surface area contributed by atoms with Crippen molar-refractivity contribution >= 4 is 17.0 Å². The number of nitrogens with one attached hydrogen (secondary N) is 1. The highest BCUT2D eigenvalue weighted by molar-refractivity contribution is 7.12. The molecule has 1 heterocycles. The van der Waals surface area contributed by atoms with Gasteiger partial charge in [0.1, 0.15) is 0 Å². The molecule has 0 saturated carbocycles. The average molecular weight is 245 g/mol. The first-order valence-corrected chi connectivity index (χ1v) is 6.89. The third-order valence-corrected chi connectivity index (χ3v) is 3.97. The lowest BCUT2D eigenvalue weighted by atomic mass is 10.1. The molecule has 0 fully saturated rings. The van der Waals surface area contributed by atoms with Crippen LogP contribution < -0.4 is 5.32 Å². The summed E-state index contributed by atoms with van der Waals surface area (Å²) in [7, 11) is 0. The van der Waals surface area contributed by atoms with Crippen LogP contribution in [-0.2, 0) is 13.0 Å². The predicted octanol–water partition coefficient (Wildman–Crippen LogP) is 4.54. The molecule has 1 aromatic carbocycles. The van der Waals surface area contributed by atoms with E-state index in [0.717, 1.165) is 13.0 Å². The van der Waals surface area contributed by atoms with Crippen LogP contribution in [0.1, 0.15) is 27.8 Å². The molecule has 0 aliphatic carbocycles. The number of aryl methyl sites for hydroxylation is 3. The largest absolute Gasteiger partial charge is 0.381 e. The number of anilines is 1. The molecule has 0 saturated heterocycles. The van der Waals surface area contributed by atoms with E-state index in [2.05, 4.69) is 56.4 Å². The first-order chi connectivity index (χ1) is 8.19. The van der Waals surface area contributed by atoms with E-state index in [0.29, 0.717) is 0 Å². The normalized spacial score (nSPS) is 10.5. The predicted molar refractivity (Wildman–Crippen MR) is 76.9 cm³/mol. The van der Waals surface area contributed by atoms with Crippen LogP contribution in [0.25, 0.3) is 0 Å². The number of thiophene rings is 1. The molecule has 1 aromatic heterocycles. The van der Waals surface area contributed by atoms with E-state index in [4.69, 9.17) is 0 Å². The second-order valence-corrected chi connectivity index (χ2v) is 5.81. The molecule has 2 aromatic rings. The van der Waals surface area contributed by atoms with E-state index in [1.807, 2.05) is 11.3 Å². The molecule has 1 N–H and O–H groups in total. The van der Waals surface area contributed by atoms with Crippen molar-refractivity contribution in [2.75, 3.05) is 5.32 Å². The van der Waals surface area contributed by atoms with Gasteiger partial charge in [0.2, 0.25) is 0 Å². The second-order valence-electron chi connectivity index (χ2n) is 4.35. The van der Waals surface area contributed by atoms with Gasteiger partial charge >= 0.3 is 0 Å². The summed E-state index contributed by atoms with van der Waals surface area (Å²) in [5, 5.41) is 3.50. The SMILES string of the molecule is CCc1cccc(NCc2cc(C)sc2C)c1. The topological polar surface area (TPSA) is 12.0 Å². The molecule has 0 unspecified atom stereocenters. The molecule has 2 heteroatoms. The number of hydrogen-bond acceptors (Lipinski definition) is 2. The summed E-state index contributed by atoms with van der Waals surface area (Å²) in [5.74, 6) is 0. The van der Waals surface area contributed by atoms with E-state index in [-0.39, 0.29) is 0 Å². The minimum atomic E-state index is 0.920. The molecular formula is C15H19NS. The maximum atomic E-state index is 3.50. The van der Waals surface area contributed by atoms with E-state index >= 15 is 0 Å². The monoisotopic (exact) mass is 245 g/mol. The Morgan fingerprint density at radius 3 is 2.65 bits per heavy atom. The average Bonchev–Trinajstić information content (AvgIpc) is 2.65. The van der Waals surface area contributed by atoms with Crippen molar-refractivity contribution in [2.45, 2.75) is 33.7 Å². The molecule has 2 rings (SSSR count). The van der Waals surface area contributed by atoms with Gasteiger partial charge in [-0.25, -0.2) is 0 Å². The first-order valence-electron chi connectivity index (χ1n) is 6.07. The van der Waals surface area contributed by atoms with Gasteiger partial charge in [0.05, 0.1) is 0 Å². The summed E-state index contributed by atoms with van der Waals surface area (Å²) in [6, 6.07) is 10.9. The molecule has 90 valence electrons. The lowest BCUT2D eigenvalue weighted by molar-refractivity contribution is 1.11. The minimum absolute atomic E-state index is 0.920. The van der Waals surface area contributed by atoms with Crippen LogP contribution in [0, 0.1) is 13.8 Å². The summed E-state index contributed by atoms with van der Waals surface area (Å²) in [5.41, 5.74) is 4.01. The fourth-order valence-corrected chi connectivity index (χ4v) is 2.90. The van der Waals surface area contributed by atoms with Crippen LogP contribution in [0.15, 0.2) is 30.3 Å². The summed E-state index contributed by atoms with van der Waals surface area (Å²) in [4.78, 5) is 2.81. The second kappa shape index (κ2) is 5.37. The maximum absolute atomic E-state index is 3.50. The molecule has 0 bridgehead atoms. The Hall–Kier alpha value is -1.28. The van der Waals surface area contributed by atoms with Gasteiger partial charge in [0, 0.05) is 22.0 Å². The Balaban J connectivity index is 2.04. The van der Waals surface area contributed by atoms with Crippen LogP contribution in [0.4, 0.5) is 5.69 Å². The molecule has 1 nitrogen and oxygen atoms in total. The maximum Gasteiger partial charge on any atom is 0.0411 e. The van der Waals surface area contributed by atoms with Gasteiger partial charge in [-0.05, 0) is 49.6 Å². The zero-order valence-electron chi connectivity index (χ0n) is 10.7. The molecule has 0 amide bonds. The minimum Gasteiger partial charge on any atom is -0.381 e. The third kappa shape index (κ3) is 3.10. The summed E-state index contributed by atoms with van der Waals surface area (Å²) >= 11 is 1.87. The van der Waals surface area contributed by atoms with Gasteiger partial charge < -0.3 is 5.32 Å². The van der Waals surface area contributed by atoms with Crippen molar-refractivity contribution in [1.82, 2.24) is 0 Å². The Morgan fingerprint density at radius 2 is 2.00 bits per heavy atom. The number of hydrogen-bond donors (Lipinski definition) is 1. The fourth-order valence-electron chi connectivity index (χ4n) is 1.96. The van der Waals surface area contributed by atoms with Crippen molar-refractivity contribution < 1.29 is 0 Å². The Labute approximate surface area is 108 Å². The standard InChI is InChI=1S/C15H19NS/c1-4-13-6-5-7-15(9-13)16-10-14-8-11(2)17-12(14)3/h5-9,16H,4,10H2,1-3H3. The zero-order chi connectivity index (χ0) is 12.3. The van der Waals surface area contributed by atoms with E-state index in [9.17, 15) is 0 Å². The summed E-state index contributed by atoms with van der Waals surface area (Å²) < 4.78 is 0. The van der Waals surface area contributed by atoms with Crippen LogP contribution in [0.2, 0.25) is 0 Å². The Bertz CT molecular complexity index is 499. The molecule has 0 aliphatic rings. The smallest absolute Gasteiger partial charge is 0.0411 e. The van der Waals surface area contributed by atoms with E-state index in [1.165, 1.54) is 26.6 Å². The first kappa shape index (κ1) is 12.2. The van der Waals surface area contributed by atoms with Crippen LogP contribution >= 0.6 is 11.3 Å². The molecule has 0 spiro atoms. The highest BCUT2D eigenvalue weighted by Gasteiger charge is 2.02. The van der Waals surface area contributed by atoms with E-state index < -0.39 is 0 Å². The summed E-state index contributed by atoms with van der Waals surface area (Å²) in [6.07, 6.45) is 1.09. The lowest BCUT2D eigenvalue weighted by Crippen LogP contribution is -1.99. The van der Waals surface area contributed by atoms with Crippen molar-refractivity contribution in [2.24, 2.45) is 0 Å². The zero-order valence-corrected chi connectivity index (χ0v) is 11.5. The van der Waals surface area contributed by atoms with Gasteiger partial charge in [0.25, 0.3) is 0 Å². The third-order valence-electron chi connectivity index (χ3n) is 2.96. The number of benzene rings is 1. The number of rotatable bonds is 4. The van der Waals surface area contributed by atoms with E-state index in [1.54, 1.807) is 0 Å². The van der Waals surface area contributed by atoms with Crippen molar-refractivity contribution in [3.05, 3.63) is 51.2 Å². The van der Waals surface area contributed by atoms with Gasteiger partial charge in [0.15, 0.2) is 0 Å².